The molecule has 0 spiro atoms. The normalized spacial score (nSPS) is 23.4. The van der Waals surface area contributed by atoms with Crippen molar-refractivity contribution in [2.24, 2.45) is 11.8 Å². The summed E-state index contributed by atoms with van der Waals surface area (Å²) in [5.41, 5.74) is 1.56. The first-order valence-electron chi connectivity index (χ1n) is 6.63. The van der Waals surface area contributed by atoms with Gasteiger partial charge in [0.1, 0.15) is 11.3 Å². The van der Waals surface area contributed by atoms with Gasteiger partial charge in [-0.15, -0.1) is 0 Å². The lowest BCUT2D eigenvalue weighted by atomic mass is 10.1. The highest BCUT2D eigenvalue weighted by atomic mass is 15.0. The van der Waals surface area contributed by atoms with Gasteiger partial charge in [0.25, 0.3) is 0 Å². The van der Waals surface area contributed by atoms with Gasteiger partial charge in [0, 0.05) is 18.9 Å². The van der Waals surface area contributed by atoms with Crippen molar-refractivity contribution in [3.63, 3.8) is 0 Å². The van der Waals surface area contributed by atoms with Crippen LogP contribution in [-0.2, 0) is 0 Å². The summed E-state index contributed by atoms with van der Waals surface area (Å²) < 4.78 is 0. The molecule has 0 aliphatic heterocycles. The van der Waals surface area contributed by atoms with Crippen LogP contribution in [0.25, 0.3) is 11.2 Å². The molecule has 2 aromatic rings. The van der Waals surface area contributed by atoms with E-state index in [2.05, 4.69) is 27.2 Å². The fourth-order valence-electron chi connectivity index (χ4n) is 2.71. The molecule has 1 fully saturated rings. The molecule has 1 N–H and O–H groups in total. The lowest BCUT2D eigenvalue weighted by Gasteiger charge is -2.11. The van der Waals surface area contributed by atoms with E-state index in [0.29, 0.717) is 5.65 Å². The Balaban J connectivity index is 1.67. The van der Waals surface area contributed by atoms with E-state index in [9.17, 15) is 0 Å². The molecule has 1 aliphatic rings. The highest BCUT2D eigenvalue weighted by Crippen LogP contribution is 2.30. The van der Waals surface area contributed by atoms with Crippen LogP contribution in [0, 0.1) is 11.8 Å². The molecule has 0 bridgehead atoms. The third kappa shape index (κ3) is 2.42. The number of anilines is 1. The van der Waals surface area contributed by atoms with Crippen LogP contribution >= 0.6 is 0 Å². The first-order chi connectivity index (χ1) is 8.81. The van der Waals surface area contributed by atoms with Gasteiger partial charge >= 0.3 is 0 Å². The van der Waals surface area contributed by atoms with Crippen LogP contribution in [0.3, 0.4) is 0 Å². The van der Waals surface area contributed by atoms with Crippen LogP contribution in [0.1, 0.15) is 26.2 Å². The van der Waals surface area contributed by atoms with Crippen LogP contribution in [-0.4, -0.2) is 21.5 Å². The van der Waals surface area contributed by atoms with Crippen molar-refractivity contribution in [2.45, 2.75) is 26.2 Å². The Morgan fingerprint density at radius 3 is 2.94 bits per heavy atom. The lowest BCUT2D eigenvalue weighted by Crippen LogP contribution is -2.12. The molecular formula is C14H18N4. The van der Waals surface area contributed by atoms with Gasteiger partial charge in [-0.05, 0) is 36.8 Å². The molecule has 3 rings (SSSR count). The predicted octanol–water partition coefficient (Wildman–Crippen LogP) is 2.87. The summed E-state index contributed by atoms with van der Waals surface area (Å²) in [5.74, 6) is 2.58. The van der Waals surface area contributed by atoms with Crippen LogP contribution in [0.4, 0.5) is 5.82 Å². The molecule has 2 atom stereocenters. The smallest absolute Gasteiger partial charge is 0.180 e. The minimum Gasteiger partial charge on any atom is -0.370 e. The van der Waals surface area contributed by atoms with Crippen LogP contribution in [0.2, 0.25) is 0 Å². The molecule has 0 saturated heterocycles. The molecule has 94 valence electrons. The van der Waals surface area contributed by atoms with E-state index in [4.69, 9.17) is 0 Å². The maximum Gasteiger partial charge on any atom is 0.180 e. The van der Waals surface area contributed by atoms with E-state index in [1.165, 1.54) is 19.3 Å². The van der Waals surface area contributed by atoms with Gasteiger partial charge in [-0.1, -0.05) is 13.3 Å². The van der Waals surface area contributed by atoms with Crippen LogP contribution < -0.4 is 5.32 Å². The second kappa shape index (κ2) is 4.88. The fourth-order valence-corrected chi connectivity index (χ4v) is 2.71. The first-order valence-corrected chi connectivity index (χ1v) is 6.63. The molecular weight excluding hydrogens is 224 g/mol. The highest BCUT2D eigenvalue weighted by Gasteiger charge is 2.20. The second-order valence-corrected chi connectivity index (χ2v) is 5.26. The summed E-state index contributed by atoms with van der Waals surface area (Å²) in [6, 6.07) is 3.95. The number of hydrogen-bond donors (Lipinski definition) is 1. The van der Waals surface area contributed by atoms with E-state index in [0.717, 1.165) is 29.7 Å². The number of hydrogen-bond acceptors (Lipinski definition) is 4. The van der Waals surface area contributed by atoms with E-state index < -0.39 is 0 Å². The standard InChI is InChI=1S/C14H18N4/c1-10-2-3-11(8-10)9-17-13-5-4-12-14(18-13)16-7-6-15-12/h4-7,10-11H,2-3,8-9H2,1H3,(H,16,17,18). The minimum atomic E-state index is 0.710. The van der Waals surface area contributed by atoms with Crippen molar-refractivity contribution in [1.29, 1.82) is 0 Å². The summed E-state index contributed by atoms with van der Waals surface area (Å²) in [7, 11) is 0. The number of fused-ring (bicyclic) bond motifs is 1. The molecule has 2 unspecified atom stereocenters. The molecule has 0 radical (unpaired) electrons. The number of rotatable bonds is 3. The van der Waals surface area contributed by atoms with Crippen molar-refractivity contribution in [3.05, 3.63) is 24.5 Å². The Bertz CT molecular complexity index is 540. The third-order valence-corrected chi connectivity index (χ3v) is 3.71. The zero-order chi connectivity index (χ0) is 12.4. The Morgan fingerprint density at radius 2 is 2.11 bits per heavy atom. The van der Waals surface area contributed by atoms with Crippen molar-refractivity contribution in [2.75, 3.05) is 11.9 Å². The number of nitrogens with one attached hydrogen (secondary N) is 1. The summed E-state index contributed by atoms with van der Waals surface area (Å²) >= 11 is 0. The highest BCUT2D eigenvalue weighted by molar-refractivity contribution is 5.71. The average Bonchev–Trinajstić information content (AvgIpc) is 2.82. The molecule has 0 amide bonds. The van der Waals surface area contributed by atoms with Gasteiger partial charge in [-0.3, -0.25) is 4.98 Å². The van der Waals surface area contributed by atoms with Gasteiger partial charge in [0.2, 0.25) is 0 Å². The van der Waals surface area contributed by atoms with Gasteiger partial charge in [-0.2, -0.15) is 0 Å². The monoisotopic (exact) mass is 242 g/mol. The maximum absolute atomic E-state index is 4.47. The molecule has 18 heavy (non-hydrogen) atoms. The average molecular weight is 242 g/mol. The zero-order valence-electron chi connectivity index (χ0n) is 10.6. The number of nitrogens with zero attached hydrogens (tertiary/aromatic N) is 3. The van der Waals surface area contributed by atoms with Crippen LogP contribution in [0.15, 0.2) is 24.5 Å². The van der Waals surface area contributed by atoms with E-state index in [1.54, 1.807) is 12.4 Å². The lowest BCUT2D eigenvalue weighted by molar-refractivity contribution is 0.536. The van der Waals surface area contributed by atoms with Gasteiger partial charge in [-0.25, -0.2) is 9.97 Å². The topological polar surface area (TPSA) is 50.7 Å². The van der Waals surface area contributed by atoms with E-state index in [1.807, 2.05) is 12.1 Å². The predicted molar refractivity (Wildman–Crippen MR) is 72.3 cm³/mol. The van der Waals surface area contributed by atoms with Crippen molar-refractivity contribution >= 4 is 17.0 Å². The summed E-state index contributed by atoms with van der Waals surface area (Å²) in [5, 5.41) is 3.42. The molecule has 4 nitrogen and oxygen atoms in total. The van der Waals surface area contributed by atoms with Crippen molar-refractivity contribution in [3.8, 4) is 0 Å². The van der Waals surface area contributed by atoms with Gasteiger partial charge < -0.3 is 5.32 Å². The molecule has 0 aromatic carbocycles. The van der Waals surface area contributed by atoms with Crippen LogP contribution in [0.5, 0.6) is 0 Å². The second-order valence-electron chi connectivity index (χ2n) is 5.26. The SMILES string of the molecule is CC1CCC(CNc2ccc3nccnc3n2)C1. The van der Waals surface area contributed by atoms with E-state index in [-0.39, 0.29) is 0 Å². The van der Waals surface area contributed by atoms with Gasteiger partial charge in [0.05, 0.1) is 0 Å². The van der Waals surface area contributed by atoms with Gasteiger partial charge in [0.15, 0.2) is 5.65 Å². The summed E-state index contributed by atoms with van der Waals surface area (Å²) in [6.45, 7) is 3.35. The maximum atomic E-state index is 4.47. The summed E-state index contributed by atoms with van der Waals surface area (Å²) in [6.07, 6.45) is 7.40. The third-order valence-electron chi connectivity index (χ3n) is 3.71. The Morgan fingerprint density at radius 1 is 1.22 bits per heavy atom. The quantitative estimate of drug-likeness (QED) is 0.899. The fraction of sp³-hybridized carbons (Fsp3) is 0.500. The Kier molecular flexibility index (Phi) is 3.09. The molecule has 2 aromatic heterocycles. The zero-order valence-corrected chi connectivity index (χ0v) is 10.6. The first kappa shape index (κ1) is 11.4. The summed E-state index contributed by atoms with van der Waals surface area (Å²) in [4.78, 5) is 12.9. The molecule has 4 heteroatoms. The van der Waals surface area contributed by atoms with E-state index >= 15 is 0 Å². The number of pyridine rings is 1. The molecule has 2 heterocycles. The Labute approximate surface area is 107 Å². The number of aromatic nitrogens is 3. The molecule has 1 aliphatic carbocycles. The Hall–Kier alpha value is -1.71. The largest absolute Gasteiger partial charge is 0.370 e. The molecule has 1 saturated carbocycles. The van der Waals surface area contributed by atoms with Crippen molar-refractivity contribution in [1.82, 2.24) is 15.0 Å². The van der Waals surface area contributed by atoms with Crippen molar-refractivity contribution < 1.29 is 0 Å². The minimum absolute atomic E-state index is 0.710.